The quantitative estimate of drug-likeness (QED) is 0.913. The van der Waals surface area contributed by atoms with Crippen molar-refractivity contribution < 1.29 is 18.3 Å². The topological polar surface area (TPSA) is 87.6 Å². The second-order valence-electron chi connectivity index (χ2n) is 5.08. The van der Waals surface area contributed by atoms with Gasteiger partial charge in [-0.1, -0.05) is 6.92 Å². The molecule has 0 bridgehead atoms. The van der Waals surface area contributed by atoms with Gasteiger partial charge in [-0.25, -0.2) is 13.4 Å². The van der Waals surface area contributed by atoms with E-state index in [1.165, 1.54) is 10.5 Å². The minimum atomic E-state index is -3.63. The maximum Gasteiger partial charge on any atom is 0.310 e. The van der Waals surface area contributed by atoms with Crippen molar-refractivity contribution in [2.75, 3.05) is 13.1 Å². The number of hydrogen-bond acceptors (Lipinski definition) is 5. The lowest BCUT2D eigenvalue weighted by molar-refractivity contribution is -0.151. The second-order valence-corrected chi connectivity index (χ2v) is 8.48. The molecule has 0 radical (unpaired) electrons. The van der Waals surface area contributed by atoms with E-state index in [4.69, 9.17) is 0 Å². The first-order valence-electron chi connectivity index (χ1n) is 6.48. The van der Waals surface area contributed by atoms with Crippen LogP contribution in [0.15, 0.2) is 10.4 Å². The molecule has 1 unspecified atom stereocenters. The van der Waals surface area contributed by atoms with E-state index in [1.807, 2.05) is 0 Å². The van der Waals surface area contributed by atoms with E-state index < -0.39 is 21.4 Å². The van der Waals surface area contributed by atoms with Gasteiger partial charge < -0.3 is 5.11 Å². The monoisotopic (exact) mass is 318 g/mol. The number of rotatable bonds is 4. The number of carboxylic acid groups (broad SMARTS) is 1. The largest absolute Gasteiger partial charge is 0.481 e. The van der Waals surface area contributed by atoms with Crippen LogP contribution in [0.2, 0.25) is 0 Å². The number of sulfonamides is 1. The number of nitrogens with zero attached hydrogens (tertiary/aromatic N) is 2. The molecule has 2 heterocycles. The zero-order chi connectivity index (χ0) is 15.0. The fourth-order valence-electron chi connectivity index (χ4n) is 2.50. The van der Waals surface area contributed by atoms with Crippen LogP contribution in [0.1, 0.15) is 31.2 Å². The number of piperidine rings is 1. The molecule has 8 heteroatoms. The molecule has 0 amide bonds. The fraction of sp³-hybridized carbons (Fsp3) is 0.667. The van der Waals surface area contributed by atoms with Crippen LogP contribution in [-0.2, 0) is 14.8 Å². The first-order chi connectivity index (χ1) is 9.32. The normalized spacial score (nSPS) is 24.7. The standard InChI is InChI=1S/C12H18N2O4S2/c1-3-12(11(15)16)5-4-6-14(8-12)20(17,18)10-7-13-9(2)19-10/h7H,3-6,8H2,1-2H3,(H,15,16). The van der Waals surface area contributed by atoms with Gasteiger partial charge in [0.15, 0.2) is 4.21 Å². The molecule has 1 fully saturated rings. The van der Waals surface area contributed by atoms with Crippen molar-refractivity contribution in [3.05, 3.63) is 11.2 Å². The summed E-state index contributed by atoms with van der Waals surface area (Å²) < 4.78 is 26.5. The lowest BCUT2D eigenvalue weighted by atomic mass is 9.78. The predicted octanol–water partition coefficient (Wildman–Crippen LogP) is 1.72. The van der Waals surface area contributed by atoms with Gasteiger partial charge in [0.05, 0.1) is 16.6 Å². The summed E-state index contributed by atoms with van der Waals surface area (Å²) in [7, 11) is -3.63. The second kappa shape index (κ2) is 5.42. The van der Waals surface area contributed by atoms with Gasteiger partial charge in [-0.2, -0.15) is 4.31 Å². The Hall–Kier alpha value is -0.990. The van der Waals surface area contributed by atoms with Crippen molar-refractivity contribution >= 4 is 27.3 Å². The summed E-state index contributed by atoms with van der Waals surface area (Å²) >= 11 is 1.12. The fourth-order valence-corrected chi connectivity index (χ4v) is 5.33. The molecule has 112 valence electrons. The molecule has 6 nitrogen and oxygen atoms in total. The van der Waals surface area contributed by atoms with Crippen LogP contribution in [0.5, 0.6) is 0 Å². The molecule has 1 atom stereocenters. The Balaban J connectivity index is 2.31. The zero-order valence-electron chi connectivity index (χ0n) is 11.5. The van der Waals surface area contributed by atoms with Gasteiger partial charge >= 0.3 is 5.97 Å². The van der Waals surface area contributed by atoms with Gasteiger partial charge in [-0.15, -0.1) is 11.3 Å². The van der Waals surface area contributed by atoms with Crippen LogP contribution in [0.25, 0.3) is 0 Å². The van der Waals surface area contributed by atoms with Crippen LogP contribution >= 0.6 is 11.3 Å². The predicted molar refractivity (Wildman–Crippen MR) is 75.2 cm³/mol. The van der Waals surface area contributed by atoms with Crippen LogP contribution in [-0.4, -0.2) is 41.9 Å². The van der Waals surface area contributed by atoms with Gasteiger partial charge in [0.1, 0.15) is 0 Å². The summed E-state index contributed by atoms with van der Waals surface area (Å²) in [6.07, 6.45) is 2.86. The highest BCUT2D eigenvalue weighted by molar-refractivity contribution is 7.91. The summed E-state index contributed by atoms with van der Waals surface area (Å²) in [5.41, 5.74) is -0.967. The van der Waals surface area contributed by atoms with Gasteiger partial charge in [-0.05, 0) is 26.2 Å². The summed E-state index contributed by atoms with van der Waals surface area (Å²) in [5, 5.41) is 10.1. The molecule has 1 aromatic rings. The summed E-state index contributed by atoms with van der Waals surface area (Å²) in [5.74, 6) is -0.916. The Kier molecular flexibility index (Phi) is 4.17. The molecule has 2 rings (SSSR count). The highest BCUT2D eigenvalue weighted by atomic mass is 32.2. The first kappa shape index (κ1) is 15.4. The van der Waals surface area contributed by atoms with E-state index in [0.29, 0.717) is 30.8 Å². The zero-order valence-corrected chi connectivity index (χ0v) is 13.1. The lowest BCUT2D eigenvalue weighted by Crippen LogP contribution is -2.49. The lowest BCUT2D eigenvalue weighted by Gasteiger charge is -2.38. The highest BCUT2D eigenvalue weighted by Gasteiger charge is 2.44. The maximum absolute atomic E-state index is 12.5. The van der Waals surface area contributed by atoms with Gasteiger partial charge in [0.25, 0.3) is 10.0 Å². The Morgan fingerprint density at radius 3 is 2.80 bits per heavy atom. The van der Waals surface area contributed by atoms with E-state index in [1.54, 1.807) is 13.8 Å². The maximum atomic E-state index is 12.5. The molecule has 0 aromatic carbocycles. The summed E-state index contributed by atoms with van der Waals surface area (Å²) in [6.45, 7) is 3.95. The number of hydrogen-bond donors (Lipinski definition) is 1. The average molecular weight is 318 g/mol. The van der Waals surface area contributed by atoms with E-state index in [-0.39, 0.29) is 10.8 Å². The Bertz CT molecular complexity index is 611. The van der Waals surface area contributed by atoms with E-state index >= 15 is 0 Å². The summed E-state index contributed by atoms with van der Waals surface area (Å²) in [6, 6.07) is 0. The molecular formula is C12H18N2O4S2. The molecule has 1 aliphatic rings. The van der Waals surface area contributed by atoms with Crippen molar-refractivity contribution in [3.63, 3.8) is 0 Å². The number of aliphatic carboxylic acids is 1. The number of aromatic nitrogens is 1. The van der Waals surface area contributed by atoms with Crippen molar-refractivity contribution in [2.24, 2.45) is 5.41 Å². The molecule has 1 aliphatic heterocycles. The minimum absolute atomic E-state index is 0.0398. The van der Waals surface area contributed by atoms with Crippen molar-refractivity contribution in [2.45, 2.75) is 37.3 Å². The van der Waals surface area contributed by atoms with Crippen molar-refractivity contribution in [1.82, 2.24) is 9.29 Å². The van der Waals surface area contributed by atoms with E-state index in [2.05, 4.69) is 4.98 Å². The summed E-state index contributed by atoms with van der Waals surface area (Å²) in [4.78, 5) is 15.5. The van der Waals surface area contributed by atoms with Crippen LogP contribution in [0.3, 0.4) is 0 Å². The number of carboxylic acids is 1. The molecule has 0 spiro atoms. The minimum Gasteiger partial charge on any atom is -0.481 e. The van der Waals surface area contributed by atoms with Gasteiger partial charge in [0.2, 0.25) is 0 Å². The smallest absolute Gasteiger partial charge is 0.310 e. The van der Waals surface area contributed by atoms with Crippen LogP contribution < -0.4 is 0 Å². The van der Waals surface area contributed by atoms with Crippen LogP contribution in [0, 0.1) is 12.3 Å². The third-order valence-electron chi connectivity index (χ3n) is 3.87. The average Bonchev–Trinajstić information content (AvgIpc) is 2.86. The molecule has 0 aliphatic carbocycles. The van der Waals surface area contributed by atoms with Crippen molar-refractivity contribution in [1.29, 1.82) is 0 Å². The van der Waals surface area contributed by atoms with Gasteiger partial charge in [0, 0.05) is 13.1 Å². The Labute approximate surface area is 122 Å². The third-order valence-corrected chi connectivity index (χ3v) is 7.06. The van der Waals surface area contributed by atoms with E-state index in [9.17, 15) is 18.3 Å². The number of carbonyl (C=O) groups is 1. The van der Waals surface area contributed by atoms with Gasteiger partial charge in [-0.3, -0.25) is 4.79 Å². The number of thiazole rings is 1. The number of aryl methyl sites for hydroxylation is 1. The molecule has 1 N–H and O–H groups in total. The highest BCUT2D eigenvalue weighted by Crippen LogP contribution is 2.36. The Morgan fingerprint density at radius 2 is 2.30 bits per heavy atom. The molecule has 0 saturated carbocycles. The Morgan fingerprint density at radius 1 is 1.60 bits per heavy atom. The molecule has 20 heavy (non-hydrogen) atoms. The van der Waals surface area contributed by atoms with Crippen molar-refractivity contribution in [3.8, 4) is 0 Å². The van der Waals surface area contributed by atoms with Crippen LogP contribution in [0.4, 0.5) is 0 Å². The third kappa shape index (κ3) is 2.59. The molecule has 1 saturated heterocycles. The van der Waals surface area contributed by atoms with E-state index in [0.717, 1.165) is 11.3 Å². The first-order valence-corrected chi connectivity index (χ1v) is 8.73. The molecule has 1 aromatic heterocycles. The SMILES string of the molecule is CCC1(C(=O)O)CCCN(S(=O)(=O)c2cnc(C)s2)C1. The molecular weight excluding hydrogens is 300 g/mol.